The highest BCUT2D eigenvalue weighted by atomic mass is 32.2. The van der Waals surface area contributed by atoms with E-state index < -0.39 is 16.1 Å². The summed E-state index contributed by atoms with van der Waals surface area (Å²) in [5.41, 5.74) is 1.89. The van der Waals surface area contributed by atoms with Gasteiger partial charge in [-0.2, -0.15) is 0 Å². The van der Waals surface area contributed by atoms with E-state index in [0.717, 1.165) is 35.1 Å². The summed E-state index contributed by atoms with van der Waals surface area (Å²) in [5, 5.41) is 10.8. The van der Waals surface area contributed by atoms with Crippen molar-refractivity contribution < 1.29 is 23.7 Å². The highest BCUT2D eigenvalue weighted by molar-refractivity contribution is 8.18. The number of carbonyl (C=O) groups is 3. The number of nitro benzene ring substituents is 1. The van der Waals surface area contributed by atoms with E-state index in [1.807, 2.05) is 0 Å². The summed E-state index contributed by atoms with van der Waals surface area (Å²) in [4.78, 5) is 51.0. The Morgan fingerprint density at radius 1 is 1.22 bits per heavy atom. The zero-order valence-electron chi connectivity index (χ0n) is 17.6. The number of imide groups is 1. The van der Waals surface area contributed by atoms with Crippen LogP contribution < -0.4 is 0 Å². The summed E-state index contributed by atoms with van der Waals surface area (Å²) in [6, 6.07) is 6.52. The Morgan fingerprint density at radius 2 is 1.94 bits per heavy atom. The minimum Gasteiger partial charge on any atom is -0.457 e. The Hall–Kier alpha value is -3.40. The summed E-state index contributed by atoms with van der Waals surface area (Å²) >= 11 is 0.755. The van der Waals surface area contributed by atoms with Gasteiger partial charge in [-0.1, -0.05) is 0 Å². The lowest BCUT2D eigenvalue weighted by atomic mass is 10.0. The molecule has 1 aromatic heterocycles. The third-order valence-electron chi connectivity index (χ3n) is 5.65. The molecule has 0 N–H and O–H groups in total. The van der Waals surface area contributed by atoms with Gasteiger partial charge in [-0.15, -0.1) is 0 Å². The van der Waals surface area contributed by atoms with Crippen molar-refractivity contribution in [3.8, 4) is 11.3 Å². The standard InChI is InChI=1S/C22H21N3O6S/c1-13-9-15(10-17(14(13)2)25(29)30)18-6-5-16(31-18)11-19-21(27)24(22(28)32-19)12-20(26)23-7-3-4-8-23/h5-6,9-11H,3-4,7-8,12H2,1-2H3/b19-11-. The first-order chi connectivity index (χ1) is 15.2. The summed E-state index contributed by atoms with van der Waals surface area (Å²) in [6.45, 7) is 4.51. The van der Waals surface area contributed by atoms with Gasteiger partial charge in [0, 0.05) is 36.4 Å². The van der Waals surface area contributed by atoms with E-state index in [1.165, 1.54) is 12.1 Å². The molecule has 3 amide bonds. The molecular weight excluding hydrogens is 434 g/mol. The molecule has 32 heavy (non-hydrogen) atoms. The van der Waals surface area contributed by atoms with Crippen molar-refractivity contribution in [2.24, 2.45) is 0 Å². The molecule has 2 fully saturated rings. The maximum Gasteiger partial charge on any atom is 0.294 e. The minimum atomic E-state index is -0.535. The van der Waals surface area contributed by atoms with Crippen LogP contribution in [0.25, 0.3) is 17.4 Å². The van der Waals surface area contributed by atoms with E-state index in [1.54, 1.807) is 36.9 Å². The number of nitro groups is 1. The topological polar surface area (TPSA) is 114 Å². The second kappa shape index (κ2) is 8.62. The predicted molar refractivity (Wildman–Crippen MR) is 119 cm³/mol. The molecule has 4 rings (SSSR count). The first kappa shape index (κ1) is 21.8. The first-order valence-electron chi connectivity index (χ1n) is 10.1. The van der Waals surface area contributed by atoms with Crippen LogP contribution in [-0.4, -0.2) is 51.4 Å². The number of benzene rings is 1. The van der Waals surface area contributed by atoms with Crippen LogP contribution in [0.3, 0.4) is 0 Å². The average Bonchev–Trinajstić information content (AvgIpc) is 3.48. The molecule has 0 bridgehead atoms. The highest BCUT2D eigenvalue weighted by Crippen LogP contribution is 2.35. The molecule has 0 spiro atoms. The van der Waals surface area contributed by atoms with Gasteiger partial charge in [0.15, 0.2) is 0 Å². The maximum absolute atomic E-state index is 12.7. The Balaban J connectivity index is 1.53. The number of hydrogen-bond donors (Lipinski definition) is 0. The van der Waals surface area contributed by atoms with Gasteiger partial charge in [-0.25, -0.2) is 0 Å². The third-order valence-corrected chi connectivity index (χ3v) is 6.55. The number of likely N-dealkylation sites (tertiary alicyclic amines) is 1. The first-order valence-corrected chi connectivity index (χ1v) is 10.9. The number of rotatable bonds is 5. The Kier molecular flexibility index (Phi) is 5.88. The van der Waals surface area contributed by atoms with Crippen molar-refractivity contribution in [1.82, 2.24) is 9.80 Å². The van der Waals surface area contributed by atoms with Gasteiger partial charge in [0.2, 0.25) is 5.91 Å². The van der Waals surface area contributed by atoms with Crippen molar-refractivity contribution in [2.75, 3.05) is 19.6 Å². The van der Waals surface area contributed by atoms with E-state index in [2.05, 4.69) is 0 Å². The molecule has 0 aliphatic carbocycles. The van der Waals surface area contributed by atoms with Crippen LogP contribution in [0.1, 0.15) is 29.7 Å². The lowest BCUT2D eigenvalue weighted by Crippen LogP contribution is -2.40. The molecule has 2 aromatic rings. The Morgan fingerprint density at radius 3 is 2.62 bits per heavy atom. The van der Waals surface area contributed by atoms with Crippen LogP contribution in [0.4, 0.5) is 10.5 Å². The number of thioether (sulfide) groups is 1. The zero-order chi connectivity index (χ0) is 23.0. The molecule has 0 saturated carbocycles. The molecule has 0 radical (unpaired) electrons. The van der Waals surface area contributed by atoms with Crippen molar-refractivity contribution in [3.05, 3.63) is 56.2 Å². The van der Waals surface area contributed by atoms with E-state index in [0.29, 0.717) is 35.7 Å². The van der Waals surface area contributed by atoms with Crippen molar-refractivity contribution >= 4 is 40.6 Å². The molecule has 9 nitrogen and oxygen atoms in total. The average molecular weight is 455 g/mol. The van der Waals surface area contributed by atoms with E-state index in [-0.39, 0.29) is 23.0 Å². The van der Waals surface area contributed by atoms with Crippen molar-refractivity contribution in [1.29, 1.82) is 0 Å². The lowest BCUT2D eigenvalue weighted by molar-refractivity contribution is -0.385. The summed E-state index contributed by atoms with van der Waals surface area (Å²) in [6.07, 6.45) is 3.31. The smallest absolute Gasteiger partial charge is 0.294 e. The molecule has 0 unspecified atom stereocenters. The second-order valence-electron chi connectivity index (χ2n) is 7.75. The second-order valence-corrected chi connectivity index (χ2v) is 8.75. The number of hydrogen-bond acceptors (Lipinski definition) is 7. The SMILES string of the molecule is Cc1cc(-c2ccc(/C=C3\SC(=O)N(CC(=O)N4CCCC4)C3=O)o2)cc([N+](=O)[O-])c1C. The van der Waals surface area contributed by atoms with Crippen molar-refractivity contribution in [3.63, 3.8) is 0 Å². The van der Waals surface area contributed by atoms with E-state index in [4.69, 9.17) is 4.42 Å². The molecule has 1 aromatic carbocycles. The molecular formula is C22H21N3O6S. The van der Waals surface area contributed by atoms with Gasteiger partial charge in [-0.3, -0.25) is 29.4 Å². The Bertz CT molecular complexity index is 1160. The summed E-state index contributed by atoms with van der Waals surface area (Å²) in [7, 11) is 0. The molecule has 0 atom stereocenters. The summed E-state index contributed by atoms with van der Waals surface area (Å²) in [5.74, 6) is -0.0295. The lowest BCUT2D eigenvalue weighted by Gasteiger charge is -2.18. The fraction of sp³-hybridized carbons (Fsp3) is 0.318. The predicted octanol–water partition coefficient (Wildman–Crippen LogP) is 4.13. The maximum atomic E-state index is 12.7. The monoisotopic (exact) mass is 455 g/mol. The van der Waals surface area contributed by atoms with Crippen LogP contribution in [-0.2, 0) is 9.59 Å². The minimum absolute atomic E-state index is 0.00161. The van der Waals surface area contributed by atoms with Crippen LogP contribution in [0, 0.1) is 24.0 Å². The quantitative estimate of drug-likeness (QED) is 0.378. The van der Waals surface area contributed by atoms with Gasteiger partial charge in [0.1, 0.15) is 18.1 Å². The Labute approximate surface area is 188 Å². The van der Waals surface area contributed by atoms with Gasteiger partial charge in [0.05, 0.1) is 9.83 Å². The van der Waals surface area contributed by atoms with E-state index in [9.17, 15) is 24.5 Å². The molecule has 166 valence electrons. The molecule has 2 saturated heterocycles. The van der Waals surface area contributed by atoms with Crippen LogP contribution >= 0.6 is 11.8 Å². The van der Waals surface area contributed by atoms with Crippen LogP contribution in [0.15, 0.2) is 33.6 Å². The largest absolute Gasteiger partial charge is 0.457 e. The third kappa shape index (κ3) is 4.18. The summed E-state index contributed by atoms with van der Waals surface area (Å²) < 4.78 is 5.77. The normalized spacial score (nSPS) is 17.6. The van der Waals surface area contributed by atoms with Gasteiger partial charge in [0.25, 0.3) is 16.8 Å². The molecule has 10 heteroatoms. The zero-order valence-corrected chi connectivity index (χ0v) is 18.4. The van der Waals surface area contributed by atoms with Gasteiger partial charge < -0.3 is 9.32 Å². The number of carbonyl (C=O) groups excluding carboxylic acids is 3. The molecule has 2 aliphatic rings. The fourth-order valence-electron chi connectivity index (χ4n) is 3.73. The number of nitrogens with zero attached hydrogens (tertiary/aromatic N) is 3. The van der Waals surface area contributed by atoms with Gasteiger partial charge in [-0.05, 0) is 62.2 Å². The number of amides is 3. The van der Waals surface area contributed by atoms with Crippen molar-refractivity contribution in [2.45, 2.75) is 26.7 Å². The highest BCUT2D eigenvalue weighted by Gasteiger charge is 2.37. The molecule has 2 aliphatic heterocycles. The van der Waals surface area contributed by atoms with E-state index >= 15 is 0 Å². The van der Waals surface area contributed by atoms with Crippen LogP contribution in [0.5, 0.6) is 0 Å². The number of aryl methyl sites for hydroxylation is 1. The van der Waals surface area contributed by atoms with Crippen LogP contribution in [0.2, 0.25) is 0 Å². The fourth-order valence-corrected chi connectivity index (χ4v) is 4.54. The molecule has 3 heterocycles. The number of furan rings is 1. The van der Waals surface area contributed by atoms with Gasteiger partial charge >= 0.3 is 0 Å².